The first-order valence-electron chi connectivity index (χ1n) is 6.55. The minimum Gasteiger partial charge on any atom is -0.252 e. The highest BCUT2D eigenvalue weighted by molar-refractivity contribution is 8.28. The van der Waals surface area contributed by atoms with E-state index < -0.39 is 13.0 Å². The molecule has 0 amide bonds. The Balaban J connectivity index is 3.08. The van der Waals surface area contributed by atoms with Gasteiger partial charge in [0.1, 0.15) is 0 Å². The highest BCUT2D eigenvalue weighted by atomic mass is 32.5. The molecular formula is C10H26N4P2S2. The molecule has 0 atom stereocenters. The summed E-state index contributed by atoms with van der Waals surface area (Å²) in [5, 5.41) is 0. The third kappa shape index (κ3) is 2.19. The smallest absolute Gasteiger partial charge is 0.157 e. The normalized spacial score (nSPS) is 34.2. The van der Waals surface area contributed by atoms with Gasteiger partial charge in [-0.2, -0.15) is 0 Å². The van der Waals surface area contributed by atoms with Crippen molar-refractivity contribution in [2.24, 2.45) is 0 Å². The summed E-state index contributed by atoms with van der Waals surface area (Å²) in [6.07, 6.45) is 0. The summed E-state index contributed by atoms with van der Waals surface area (Å²) in [5.74, 6) is 0. The number of nitrogens with zero attached hydrogens (tertiary/aromatic N) is 4. The maximum Gasteiger partial charge on any atom is 0.157 e. The first kappa shape index (κ1) is 17.2. The molecule has 0 aromatic rings. The SMILES string of the molecule is CCN(CC)P1(=S)N(C)P(=S)(N(CC)CC)N1C. The average Bonchev–Trinajstić information content (AvgIpc) is 2.39. The molecule has 1 aliphatic heterocycles. The predicted octanol–water partition coefficient (Wildman–Crippen LogP) is 3.00. The molecule has 1 aliphatic rings. The van der Waals surface area contributed by atoms with E-state index in [1.807, 2.05) is 0 Å². The maximum absolute atomic E-state index is 5.98. The van der Waals surface area contributed by atoms with Crippen LogP contribution >= 0.6 is 13.0 Å². The van der Waals surface area contributed by atoms with E-state index in [0.717, 1.165) is 26.2 Å². The molecule has 1 rings (SSSR count). The van der Waals surface area contributed by atoms with Crippen LogP contribution in [0.5, 0.6) is 0 Å². The summed E-state index contributed by atoms with van der Waals surface area (Å²) in [7, 11) is 4.27. The number of hydrogen-bond acceptors (Lipinski definition) is 2. The summed E-state index contributed by atoms with van der Waals surface area (Å²) >= 11 is 12.0. The van der Waals surface area contributed by atoms with Crippen molar-refractivity contribution >= 4 is 36.6 Å². The van der Waals surface area contributed by atoms with Crippen molar-refractivity contribution < 1.29 is 0 Å². The zero-order chi connectivity index (χ0) is 14.1. The second-order valence-electron chi connectivity index (χ2n) is 4.28. The van der Waals surface area contributed by atoms with Crippen molar-refractivity contribution in [3.63, 3.8) is 0 Å². The molecule has 0 aromatic heterocycles. The molecule has 8 heteroatoms. The molecular weight excluding hydrogens is 302 g/mol. The van der Waals surface area contributed by atoms with Crippen LogP contribution in [0.3, 0.4) is 0 Å². The number of hydrogen-bond donors (Lipinski definition) is 0. The van der Waals surface area contributed by atoms with Gasteiger partial charge in [-0.3, -0.25) is 9.34 Å². The van der Waals surface area contributed by atoms with Gasteiger partial charge in [0.2, 0.25) is 0 Å². The van der Waals surface area contributed by atoms with Crippen molar-refractivity contribution in [3.8, 4) is 0 Å². The Morgan fingerprint density at radius 2 is 0.944 bits per heavy atom. The van der Waals surface area contributed by atoms with E-state index in [-0.39, 0.29) is 0 Å². The van der Waals surface area contributed by atoms with Gasteiger partial charge < -0.3 is 0 Å². The lowest BCUT2D eigenvalue weighted by Gasteiger charge is -2.64. The fraction of sp³-hybridized carbons (Fsp3) is 1.00. The summed E-state index contributed by atoms with van der Waals surface area (Å²) in [4.78, 5) is 0. The lowest BCUT2D eigenvalue weighted by atomic mass is 10.7. The lowest BCUT2D eigenvalue weighted by Crippen LogP contribution is -2.50. The van der Waals surface area contributed by atoms with E-state index in [0.29, 0.717) is 0 Å². The standard InChI is InChI=1S/C10H26N4P2S2/c1-7-13(8-2)15(17)11(5)16(18,12(15)6)14(9-3)10-4/h7-10H2,1-6H3. The van der Waals surface area contributed by atoms with Crippen LogP contribution in [0.25, 0.3) is 0 Å². The van der Waals surface area contributed by atoms with Crippen LogP contribution in [-0.2, 0) is 23.6 Å². The molecule has 1 saturated heterocycles. The first-order valence-corrected chi connectivity index (χ1v) is 11.9. The summed E-state index contributed by atoms with van der Waals surface area (Å²) in [5.41, 5.74) is 0. The summed E-state index contributed by atoms with van der Waals surface area (Å²) < 4.78 is 9.50. The Hall–Kier alpha value is 1.14. The van der Waals surface area contributed by atoms with Gasteiger partial charge in [0.05, 0.1) is 0 Å². The van der Waals surface area contributed by atoms with Gasteiger partial charge in [-0.05, 0) is 23.6 Å². The monoisotopic (exact) mass is 328 g/mol. The van der Waals surface area contributed by atoms with Gasteiger partial charge >= 0.3 is 0 Å². The van der Waals surface area contributed by atoms with E-state index in [4.69, 9.17) is 23.6 Å². The number of rotatable bonds is 6. The molecule has 0 aromatic carbocycles. The predicted molar refractivity (Wildman–Crippen MR) is 89.9 cm³/mol. The molecule has 1 fully saturated rings. The highest BCUT2D eigenvalue weighted by Gasteiger charge is 2.57. The van der Waals surface area contributed by atoms with Gasteiger partial charge in [0.15, 0.2) is 13.0 Å². The van der Waals surface area contributed by atoms with Crippen molar-refractivity contribution in [1.82, 2.24) is 18.2 Å². The van der Waals surface area contributed by atoms with Crippen LogP contribution in [0.15, 0.2) is 0 Å². The van der Waals surface area contributed by atoms with E-state index >= 15 is 0 Å². The first-order chi connectivity index (χ1) is 8.35. The maximum atomic E-state index is 5.98. The molecule has 0 spiro atoms. The average molecular weight is 328 g/mol. The molecule has 0 radical (unpaired) electrons. The Morgan fingerprint density at radius 3 is 1.11 bits per heavy atom. The summed E-state index contributed by atoms with van der Waals surface area (Å²) in [6.45, 7) is 9.20. The molecule has 4 nitrogen and oxygen atoms in total. The van der Waals surface area contributed by atoms with E-state index in [2.05, 4.69) is 60.0 Å². The molecule has 0 N–H and O–H groups in total. The molecule has 0 unspecified atom stereocenters. The third-order valence-corrected chi connectivity index (χ3v) is 18.1. The molecule has 1 heterocycles. The Kier molecular flexibility index (Phi) is 5.99. The van der Waals surface area contributed by atoms with Crippen LogP contribution in [0.2, 0.25) is 0 Å². The van der Waals surface area contributed by atoms with Gasteiger partial charge in [-0.1, -0.05) is 27.7 Å². The largest absolute Gasteiger partial charge is 0.252 e. The molecule has 108 valence electrons. The molecule has 0 aliphatic carbocycles. The van der Waals surface area contributed by atoms with Gasteiger partial charge in [0.25, 0.3) is 0 Å². The van der Waals surface area contributed by atoms with Crippen molar-refractivity contribution in [1.29, 1.82) is 0 Å². The molecule has 0 bridgehead atoms. The second kappa shape index (κ2) is 6.28. The third-order valence-electron chi connectivity index (χ3n) is 3.71. The fourth-order valence-corrected chi connectivity index (χ4v) is 16.8. The Morgan fingerprint density at radius 1 is 0.722 bits per heavy atom. The van der Waals surface area contributed by atoms with E-state index in [1.165, 1.54) is 0 Å². The Labute approximate surface area is 123 Å². The fourth-order valence-electron chi connectivity index (χ4n) is 2.56. The van der Waals surface area contributed by atoms with Gasteiger partial charge in [-0.25, -0.2) is 8.88 Å². The van der Waals surface area contributed by atoms with Crippen LogP contribution in [0.1, 0.15) is 27.7 Å². The molecule has 0 saturated carbocycles. The van der Waals surface area contributed by atoms with Crippen LogP contribution in [-0.4, -0.2) is 58.5 Å². The van der Waals surface area contributed by atoms with Crippen molar-refractivity contribution in [3.05, 3.63) is 0 Å². The van der Waals surface area contributed by atoms with E-state index in [1.54, 1.807) is 0 Å². The highest BCUT2D eigenvalue weighted by Crippen LogP contribution is 2.86. The second-order valence-corrected chi connectivity index (χ2v) is 13.4. The zero-order valence-corrected chi connectivity index (χ0v) is 15.8. The van der Waals surface area contributed by atoms with Gasteiger partial charge in [0, 0.05) is 40.3 Å². The lowest BCUT2D eigenvalue weighted by molar-refractivity contribution is 0.391. The topological polar surface area (TPSA) is 13.0 Å². The Bertz CT molecular complexity index is 330. The van der Waals surface area contributed by atoms with Crippen LogP contribution in [0, 0.1) is 0 Å². The summed E-state index contributed by atoms with van der Waals surface area (Å²) in [6, 6.07) is 0. The van der Waals surface area contributed by atoms with Crippen LogP contribution < -0.4 is 0 Å². The van der Waals surface area contributed by atoms with Crippen molar-refractivity contribution in [2.75, 3.05) is 40.3 Å². The minimum atomic E-state index is -1.75. The molecule has 18 heavy (non-hydrogen) atoms. The zero-order valence-electron chi connectivity index (χ0n) is 12.3. The van der Waals surface area contributed by atoms with Crippen LogP contribution in [0.4, 0.5) is 0 Å². The van der Waals surface area contributed by atoms with E-state index in [9.17, 15) is 0 Å². The minimum absolute atomic E-state index is 0.996. The quantitative estimate of drug-likeness (QED) is 0.690. The van der Waals surface area contributed by atoms with Crippen molar-refractivity contribution in [2.45, 2.75) is 27.7 Å². The van der Waals surface area contributed by atoms with Gasteiger partial charge in [-0.15, -0.1) is 0 Å².